The third-order valence-corrected chi connectivity index (χ3v) is 15.7. The van der Waals surface area contributed by atoms with Gasteiger partial charge in [-0.3, -0.25) is 0 Å². The van der Waals surface area contributed by atoms with Gasteiger partial charge < -0.3 is 27.5 Å². The Morgan fingerprint density at radius 3 is 0.763 bits per heavy atom. The van der Waals surface area contributed by atoms with E-state index in [1.54, 1.807) is 0 Å². The second kappa shape index (κ2) is 16.1. The molecule has 0 saturated carbocycles. The lowest BCUT2D eigenvalue weighted by molar-refractivity contribution is 0.590. The van der Waals surface area contributed by atoms with Crippen LogP contribution in [-0.4, -0.2) is 0 Å². The highest BCUT2D eigenvalue weighted by Gasteiger charge is 2.30. The number of anilines is 6. The van der Waals surface area contributed by atoms with Gasteiger partial charge in [0.1, 0.15) is 44.7 Å². The largest absolute Gasteiger partial charge is 0.456 e. The molecule has 0 aliphatic rings. The Morgan fingerprint density at radius 1 is 0.237 bits per heavy atom. The molecule has 0 aliphatic heterocycles. The first-order valence-corrected chi connectivity index (χ1v) is 26.2. The van der Waals surface area contributed by atoms with Crippen molar-refractivity contribution in [3.63, 3.8) is 0 Å². The van der Waals surface area contributed by atoms with E-state index in [1.165, 1.54) is 11.1 Å². The number of hydrogen-bond donors (Lipinski definition) is 0. The molecule has 15 aromatic rings. The molecular weight excluding hydrogens is 933 g/mol. The van der Waals surface area contributed by atoms with E-state index in [9.17, 15) is 0 Å². The molecule has 6 heteroatoms. The van der Waals surface area contributed by atoms with Crippen LogP contribution in [0.15, 0.2) is 224 Å². The first kappa shape index (κ1) is 44.2. The minimum atomic E-state index is -0.180. The summed E-state index contributed by atoms with van der Waals surface area (Å²) in [7, 11) is 0. The highest BCUT2D eigenvalue weighted by Crippen LogP contribution is 2.54. The van der Waals surface area contributed by atoms with E-state index < -0.39 is 0 Å². The van der Waals surface area contributed by atoms with Crippen molar-refractivity contribution in [2.45, 2.75) is 52.4 Å². The Balaban J connectivity index is 1.09. The second-order valence-corrected chi connectivity index (χ2v) is 22.5. The Bertz CT molecular complexity index is 4340. The fraction of sp³-hybridized carbons (Fsp3) is 0.114. The molecule has 0 saturated heterocycles. The number of nitrogens with zero attached hydrogens (tertiary/aromatic N) is 2. The Morgan fingerprint density at radius 2 is 0.487 bits per heavy atom. The Hall–Kier alpha value is -9.26. The molecule has 366 valence electrons. The first-order valence-electron chi connectivity index (χ1n) is 26.2. The summed E-state index contributed by atoms with van der Waals surface area (Å²) in [5.74, 6) is 0. The minimum absolute atomic E-state index is 0.180. The number of furan rings is 4. The van der Waals surface area contributed by atoms with Crippen molar-refractivity contribution in [2.75, 3.05) is 9.80 Å². The molecule has 0 radical (unpaired) electrons. The molecule has 0 N–H and O–H groups in total. The van der Waals surface area contributed by atoms with Crippen LogP contribution in [0.3, 0.4) is 0 Å². The Kier molecular flexibility index (Phi) is 9.38. The highest BCUT2D eigenvalue weighted by atomic mass is 16.3. The van der Waals surface area contributed by atoms with Crippen molar-refractivity contribution in [2.24, 2.45) is 0 Å². The van der Waals surface area contributed by atoms with Gasteiger partial charge in [0.25, 0.3) is 0 Å². The van der Waals surface area contributed by atoms with Crippen molar-refractivity contribution >= 4 is 143 Å². The van der Waals surface area contributed by atoms with Gasteiger partial charge in [0.15, 0.2) is 0 Å². The predicted octanol–water partition coefficient (Wildman–Crippen LogP) is 21.1. The molecule has 0 atom stereocenters. The van der Waals surface area contributed by atoms with Crippen LogP contribution >= 0.6 is 0 Å². The third kappa shape index (κ3) is 6.80. The van der Waals surface area contributed by atoms with E-state index in [0.717, 1.165) is 143 Å². The van der Waals surface area contributed by atoms with Crippen LogP contribution in [0.2, 0.25) is 0 Å². The number of benzene rings is 11. The average Bonchev–Trinajstić information content (AvgIpc) is 4.31. The van der Waals surface area contributed by atoms with E-state index in [2.05, 4.69) is 209 Å². The van der Waals surface area contributed by atoms with Crippen molar-refractivity contribution in [3.05, 3.63) is 217 Å². The lowest BCUT2D eigenvalue weighted by Crippen LogP contribution is -2.17. The SMILES string of the molecule is CC(C)(C)c1ccc2c(N(c3ccc4c(c3)oc3ccccc34)c3ccc4c(c3)oc3ccccc34)c3cc(C(C)(C)C)ccc3c(N(c3ccc4c(c3)oc3ccccc34)c3ccc4c(c3)oc3ccccc34)c2c1. The average molecular weight is 985 g/mol. The molecule has 76 heavy (non-hydrogen) atoms. The van der Waals surface area contributed by atoms with Gasteiger partial charge in [0, 0.05) is 112 Å². The normalized spacial score (nSPS) is 12.6. The monoisotopic (exact) mass is 984 g/mol. The first-order chi connectivity index (χ1) is 36.9. The lowest BCUT2D eigenvalue weighted by Gasteiger charge is -2.34. The van der Waals surface area contributed by atoms with Crippen LogP contribution in [0, 0.1) is 0 Å². The third-order valence-electron chi connectivity index (χ3n) is 15.7. The summed E-state index contributed by atoms with van der Waals surface area (Å²) in [6, 6.07) is 74.0. The summed E-state index contributed by atoms with van der Waals surface area (Å²) in [5, 5.41) is 13.0. The maximum atomic E-state index is 6.70. The zero-order chi connectivity index (χ0) is 51.2. The smallest absolute Gasteiger partial charge is 0.137 e. The van der Waals surface area contributed by atoms with Gasteiger partial charge in [0.2, 0.25) is 0 Å². The Labute approximate surface area is 438 Å². The van der Waals surface area contributed by atoms with Gasteiger partial charge in [-0.1, -0.05) is 139 Å². The van der Waals surface area contributed by atoms with Crippen LogP contribution in [0.1, 0.15) is 52.7 Å². The molecule has 0 spiro atoms. The van der Waals surface area contributed by atoms with E-state index in [-0.39, 0.29) is 10.8 Å². The van der Waals surface area contributed by atoms with E-state index >= 15 is 0 Å². The quantitative estimate of drug-likeness (QED) is 0.122. The van der Waals surface area contributed by atoms with Gasteiger partial charge in [-0.2, -0.15) is 0 Å². The van der Waals surface area contributed by atoms with E-state index in [1.807, 2.05) is 48.5 Å². The molecular formula is C70H52N2O4. The molecule has 0 fully saturated rings. The van der Waals surface area contributed by atoms with Crippen LogP contribution in [-0.2, 0) is 10.8 Å². The van der Waals surface area contributed by atoms with Gasteiger partial charge in [-0.15, -0.1) is 0 Å². The molecule has 0 bridgehead atoms. The van der Waals surface area contributed by atoms with Crippen molar-refractivity contribution in [3.8, 4) is 0 Å². The summed E-state index contributed by atoms with van der Waals surface area (Å²) >= 11 is 0. The predicted molar refractivity (Wildman–Crippen MR) is 317 cm³/mol. The molecule has 4 heterocycles. The van der Waals surface area contributed by atoms with Gasteiger partial charge >= 0.3 is 0 Å². The van der Waals surface area contributed by atoms with Crippen LogP contribution < -0.4 is 9.80 Å². The summed E-state index contributed by atoms with van der Waals surface area (Å²) in [4.78, 5) is 4.87. The van der Waals surface area contributed by atoms with Crippen LogP contribution in [0.5, 0.6) is 0 Å². The fourth-order valence-corrected chi connectivity index (χ4v) is 11.8. The minimum Gasteiger partial charge on any atom is -0.456 e. The summed E-state index contributed by atoms with van der Waals surface area (Å²) < 4.78 is 26.8. The lowest BCUT2D eigenvalue weighted by atomic mass is 9.82. The number of fused-ring (bicyclic) bond motifs is 14. The molecule has 0 unspecified atom stereocenters. The molecule has 4 aromatic heterocycles. The molecule has 11 aromatic carbocycles. The van der Waals surface area contributed by atoms with Crippen LogP contribution in [0.25, 0.3) is 109 Å². The standard InChI is InChI=1S/C70H52N2O4/c1-69(2,3)41-23-29-55-57(35-41)67(71(43-25-31-51-47-15-7-11-19-59(47)73-63(51)37-43)44-26-32-52-48-16-8-12-20-60(48)74-64(52)38-44)56-30-24-42(70(4,5)6)36-58(56)68(55)72(45-27-33-53-49-17-9-13-21-61(49)75-65(53)39-45)46-28-34-54-50-18-10-14-22-62(50)76-66(54)40-46/h7-40H,1-6H3. The van der Waals surface area contributed by atoms with Gasteiger partial charge in [-0.25, -0.2) is 0 Å². The second-order valence-electron chi connectivity index (χ2n) is 22.5. The van der Waals surface area contributed by atoms with Crippen molar-refractivity contribution in [1.82, 2.24) is 0 Å². The molecule has 15 rings (SSSR count). The summed E-state index contributed by atoms with van der Waals surface area (Å²) in [6.45, 7) is 13.8. The highest BCUT2D eigenvalue weighted by molar-refractivity contribution is 6.25. The number of hydrogen-bond acceptors (Lipinski definition) is 6. The fourth-order valence-electron chi connectivity index (χ4n) is 11.8. The van der Waals surface area contributed by atoms with Crippen molar-refractivity contribution < 1.29 is 17.7 Å². The summed E-state index contributed by atoms with van der Waals surface area (Å²) in [5.41, 5.74) is 14.7. The van der Waals surface area contributed by atoms with E-state index in [0.29, 0.717) is 0 Å². The maximum absolute atomic E-state index is 6.70. The number of rotatable bonds is 6. The number of para-hydroxylation sites is 4. The van der Waals surface area contributed by atoms with Gasteiger partial charge in [0.05, 0.1) is 11.4 Å². The zero-order valence-electron chi connectivity index (χ0n) is 43.2. The molecule has 0 aliphatic carbocycles. The van der Waals surface area contributed by atoms with Gasteiger partial charge in [-0.05, 0) is 107 Å². The molecule has 0 amide bonds. The zero-order valence-corrected chi connectivity index (χ0v) is 43.2. The van der Waals surface area contributed by atoms with Crippen LogP contribution in [0.4, 0.5) is 34.1 Å². The summed E-state index contributed by atoms with van der Waals surface area (Å²) in [6.07, 6.45) is 0. The van der Waals surface area contributed by atoms with Crippen molar-refractivity contribution in [1.29, 1.82) is 0 Å². The topological polar surface area (TPSA) is 59.0 Å². The maximum Gasteiger partial charge on any atom is 0.137 e. The van der Waals surface area contributed by atoms with E-state index in [4.69, 9.17) is 17.7 Å². The molecule has 6 nitrogen and oxygen atoms in total.